The Kier molecular flexibility index (Phi) is 2.02. The largest absolute Gasteiger partial charge is 0.244 e. The third-order valence-corrected chi connectivity index (χ3v) is 3.37. The van der Waals surface area contributed by atoms with Gasteiger partial charge in [0.2, 0.25) is 0 Å². The summed E-state index contributed by atoms with van der Waals surface area (Å²) in [4.78, 5) is 0. The van der Waals surface area contributed by atoms with E-state index in [-0.39, 0.29) is 0 Å². The molecule has 0 bridgehead atoms. The molecule has 0 aliphatic heterocycles. The van der Waals surface area contributed by atoms with Gasteiger partial charge in [-0.3, -0.25) is 0 Å². The van der Waals surface area contributed by atoms with Gasteiger partial charge in [-0.25, -0.2) is 4.39 Å². The van der Waals surface area contributed by atoms with Crippen molar-refractivity contribution in [2.75, 3.05) is 0 Å². The summed E-state index contributed by atoms with van der Waals surface area (Å²) in [5.41, 5.74) is -0.538. The maximum Gasteiger partial charge on any atom is 0.109 e. The molecule has 0 spiro atoms. The van der Waals surface area contributed by atoms with Gasteiger partial charge in [-0.2, -0.15) is 0 Å². The molecule has 1 fully saturated rings. The Hall–Kier alpha value is -0.0700. The maximum atomic E-state index is 13.2. The Morgan fingerprint density at radius 3 is 1.91 bits per heavy atom. The number of halogens is 1. The van der Waals surface area contributed by atoms with E-state index in [0.29, 0.717) is 11.3 Å². The zero-order chi connectivity index (χ0) is 8.70. The summed E-state index contributed by atoms with van der Waals surface area (Å²) in [5, 5.41) is 0. The zero-order valence-corrected chi connectivity index (χ0v) is 8.08. The lowest BCUT2D eigenvalue weighted by Gasteiger charge is -2.53. The van der Waals surface area contributed by atoms with Crippen molar-refractivity contribution >= 4 is 0 Å². The Balaban J connectivity index is 2.57. The SMILES string of the molecule is CCC1(C(C)C)CC(C)(F)C1. The minimum atomic E-state index is -0.861. The topological polar surface area (TPSA) is 0 Å². The van der Waals surface area contributed by atoms with E-state index >= 15 is 0 Å². The lowest BCUT2D eigenvalue weighted by atomic mass is 9.54. The molecule has 0 amide bonds. The highest BCUT2D eigenvalue weighted by molar-refractivity contribution is 5.02. The van der Waals surface area contributed by atoms with Gasteiger partial charge in [-0.15, -0.1) is 0 Å². The minimum absolute atomic E-state index is 0.323. The van der Waals surface area contributed by atoms with E-state index in [0.717, 1.165) is 19.3 Å². The normalized spacial score (nSPS) is 44.2. The quantitative estimate of drug-likeness (QED) is 0.576. The summed E-state index contributed by atoms with van der Waals surface area (Å²) in [7, 11) is 0. The van der Waals surface area contributed by atoms with Crippen LogP contribution in [0.2, 0.25) is 0 Å². The van der Waals surface area contributed by atoms with Gasteiger partial charge in [0.05, 0.1) is 0 Å². The van der Waals surface area contributed by atoms with Crippen LogP contribution in [0.25, 0.3) is 0 Å². The molecule has 0 aromatic rings. The molecule has 1 aliphatic rings. The molecular weight excluding hydrogens is 139 g/mol. The number of alkyl halides is 1. The first kappa shape index (κ1) is 9.02. The van der Waals surface area contributed by atoms with Gasteiger partial charge in [0.25, 0.3) is 0 Å². The lowest BCUT2D eigenvalue weighted by Crippen LogP contribution is -2.49. The van der Waals surface area contributed by atoms with Crippen LogP contribution in [0.15, 0.2) is 0 Å². The Bertz CT molecular complexity index is 139. The fraction of sp³-hybridized carbons (Fsp3) is 1.00. The molecule has 0 radical (unpaired) electrons. The smallest absolute Gasteiger partial charge is 0.109 e. The molecule has 0 atom stereocenters. The van der Waals surface area contributed by atoms with Crippen LogP contribution in [-0.4, -0.2) is 5.67 Å². The molecule has 0 heterocycles. The van der Waals surface area contributed by atoms with Gasteiger partial charge in [-0.1, -0.05) is 20.8 Å². The van der Waals surface area contributed by atoms with E-state index in [9.17, 15) is 4.39 Å². The summed E-state index contributed by atoms with van der Waals surface area (Å²) >= 11 is 0. The third kappa shape index (κ3) is 1.43. The molecule has 11 heavy (non-hydrogen) atoms. The highest BCUT2D eigenvalue weighted by atomic mass is 19.1. The Morgan fingerprint density at radius 2 is 1.82 bits per heavy atom. The van der Waals surface area contributed by atoms with Crippen LogP contribution < -0.4 is 0 Å². The predicted molar refractivity (Wildman–Crippen MR) is 46.3 cm³/mol. The van der Waals surface area contributed by atoms with Crippen molar-refractivity contribution in [3.63, 3.8) is 0 Å². The molecule has 1 saturated carbocycles. The molecule has 0 N–H and O–H groups in total. The molecule has 1 rings (SSSR count). The van der Waals surface area contributed by atoms with Crippen molar-refractivity contribution in [1.82, 2.24) is 0 Å². The molecule has 0 aromatic carbocycles. The number of hydrogen-bond donors (Lipinski definition) is 0. The molecule has 0 nitrogen and oxygen atoms in total. The van der Waals surface area contributed by atoms with E-state index in [1.54, 1.807) is 6.92 Å². The fourth-order valence-corrected chi connectivity index (χ4v) is 2.48. The molecule has 1 aliphatic carbocycles. The highest BCUT2D eigenvalue weighted by Gasteiger charge is 2.52. The first-order valence-corrected chi connectivity index (χ1v) is 4.61. The van der Waals surface area contributed by atoms with Gasteiger partial charge >= 0.3 is 0 Å². The Labute approximate surface area is 69.2 Å². The van der Waals surface area contributed by atoms with E-state index in [1.807, 2.05) is 0 Å². The predicted octanol–water partition coefficient (Wildman–Crippen LogP) is 3.56. The molecule has 1 heteroatoms. The lowest BCUT2D eigenvalue weighted by molar-refractivity contribution is -0.0859. The van der Waals surface area contributed by atoms with Crippen molar-refractivity contribution in [3.8, 4) is 0 Å². The standard InChI is InChI=1S/C10H19F/c1-5-10(8(2)3)6-9(4,11)7-10/h8H,5-7H2,1-4H3. The number of rotatable bonds is 2. The van der Waals surface area contributed by atoms with Crippen molar-refractivity contribution in [3.05, 3.63) is 0 Å². The summed E-state index contributed by atoms with van der Waals surface area (Å²) in [5.74, 6) is 0.635. The van der Waals surface area contributed by atoms with E-state index in [1.165, 1.54) is 0 Å². The average Bonchev–Trinajstić information content (AvgIpc) is 1.81. The molecule has 0 saturated heterocycles. The second-order valence-electron chi connectivity index (χ2n) is 4.64. The molecule has 0 unspecified atom stereocenters. The first-order chi connectivity index (χ1) is 4.92. The summed E-state index contributed by atoms with van der Waals surface area (Å²) < 4.78 is 13.2. The van der Waals surface area contributed by atoms with Gasteiger partial charge < -0.3 is 0 Å². The van der Waals surface area contributed by atoms with E-state index in [4.69, 9.17) is 0 Å². The van der Waals surface area contributed by atoms with Crippen LogP contribution >= 0.6 is 0 Å². The maximum absolute atomic E-state index is 13.2. The van der Waals surface area contributed by atoms with Gasteiger partial charge in [-0.05, 0) is 37.5 Å². The second-order valence-corrected chi connectivity index (χ2v) is 4.64. The van der Waals surface area contributed by atoms with Crippen molar-refractivity contribution in [2.24, 2.45) is 11.3 Å². The van der Waals surface area contributed by atoms with Crippen LogP contribution in [0, 0.1) is 11.3 Å². The third-order valence-electron chi connectivity index (χ3n) is 3.37. The van der Waals surface area contributed by atoms with Crippen molar-refractivity contribution < 1.29 is 4.39 Å². The first-order valence-electron chi connectivity index (χ1n) is 4.61. The van der Waals surface area contributed by atoms with Crippen molar-refractivity contribution in [1.29, 1.82) is 0 Å². The van der Waals surface area contributed by atoms with Crippen LogP contribution in [0.1, 0.15) is 47.0 Å². The monoisotopic (exact) mass is 158 g/mol. The summed E-state index contributed by atoms with van der Waals surface area (Å²) in [6, 6.07) is 0. The van der Waals surface area contributed by atoms with Crippen molar-refractivity contribution in [2.45, 2.75) is 52.6 Å². The van der Waals surface area contributed by atoms with Crippen LogP contribution in [0.3, 0.4) is 0 Å². The summed E-state index contributed by atoms with van der Waals surface area (Å²) in [6.45, 7) is 8.32. The molecule has 0 aromatic heterocycles. The van der Waals surface area contributed by atoms with Crippen LogP contribution in [0.4, 0.5) is 4.39 Å². The summed E-state index contributed by atoms with van der Waals surface area (Å²) in [6.07, 6.45) is 2.67. The van der Waals surface area contributed by atoms with E-state index in [2.05, 4.69) is 20.8 Å². The van der Waals surface area contributed by atoms with Gasteiger partial charge in [0.1, 0.15) is 5.67 Å². The molecular formula is C10H19F. The van der Waals surface area contributed by atoms with Crippen LogP contribution in [0.5, 0.6) is 0 Å². The fourth-order valence-electron chi connectivity index (χ4n) is 2.48. The average molecular weight is 158 g/mol. The number of hydrogen-bond acceptors (Lipinski definition) is 0. The minimum Gasteiger partial charge on any atom is -0.244 e. The zero-order valence-electron chi connectivity index (χ0n) is 8.08. The van der Waals surface area contributed by atoms with Crippen LogP contribution in [-0.2, 0) is 0 Å². The van der Waals surface area contributed by atoms with Gasteiger partial charge in [0.15, 0.2) is 0 Å². The second kappa shape index (κ2) is 2.46. The Morgan fingerprint density at radius 1 is 1.36 bits per heavy atom. The molecule has 66 valence electrons. The van der Waals surface area contributed by atoms with E-state index < -0.39 is 5.67 Å². The highest BCUT2D eigenvalue weighted by Crippen LogP contribution is 2.56. The van der Waals surface area contributed by atoms with Gasteiger partial charge in [0, 0.05) is 0 Å².